The fraction of sp³-hybridized carbons (Fsp3) is 0.571. The van der Waals surface area contributed by atoms with Crippen LogP contribution in [0.15, 0.2) is 22.7 Å². The Morgan fingerprint density at radius 2 is 2.11 bits per heavy atom. The first kappa shape index (κ1) is 14.0. The van der Waals surface area contributed by atoms with E-state index in [9.17, 15) is 4.39 Å². The Labute approximate surface area is 116 Å². The largest absolute Gasteiger partial charge is 0.396 e. The molecule has 0 radical (unpaired) electrons. The molecule has 0 unspecified atom stereocenters. The van der Waals surface area contributed by atoms with Gasteiger partial charge in [-0.15, -0.1) is 0 Å². The summed E-state index contributed by atoms with van der Waals surface area (Å²) in [6, 6.07) is 5.56. The summed E-state index contributed by atoms with van der Waals surface area (Å²) < 4.78 is 13.9. The maximum absolute atomic E-state index is 13.0. The first-order valence-corrected chi connectivity index (χ1v) is 7.29. The molecule has 4 heteroatoms. The highest BCUT2D eigenvalue weighted by atomic mass is 79.9. The number of hydrogen-bond acceptors (Lipinski definition) is 2. The molecule has 0 spiro atoms. The van der Waals surface area contributed by atoms with E-state index in [0.717, 1.165) is 36.0 Å². The Bertz CT molecular complexity index is 395. The van der Waals surface area contributed by atoms with Gasteiger partial charge < -0.3 is 5.11 Å². The second-order valence-corrected chi connectivity index (χ2v) is 5.72. The number of aliphatic hydroxyl groups excluding tert-OH is 1. The number of hydrogen-bond donors (Lipinski definition) is 1. The zero-order valence-corrected chi connectivity index (χ0v) is 12.0. The van der Waals surface area contributed by atoms with E-state index < -0.39 is 0 Å². The number of benzene rings is 1. The lowest BCUT2D eigenvalue weighted by atomic mass is 10.2. The normalized spacial score (nSPS) is 15.3. The molecule has 0 atom stereocenters. The second kappa shape index (κ2) is 6.64. The SMILES string of the molecule is OCCCCN(Cc1ccc(F)cc1Br)C1CC1. The Kier molecular flexibility index (Phi) is 5.15. The van der Waals surface area contributed by atoms with Crippen LogP contribution < -0.4 is 0 Å². The van der Waals surface area contributed by atoms with Gasteiger partial charge in [0.05, 0.1) is 0 Å². The quantitative estimate of drug-likeness (QED) is 0.780. The molecule has 0 bridgehead atoms. The highest BCUT2D eigenvalue weighted by Crippen LogP contribution is 2.30. The standard InChI is InChI=1S/C14H19BrFNO/c15-14-9-12(16)4-3-11(14)10-17(13-5-6-13)7-1-2-8-18/h3-4,9,13,18H,1-2,5-8,10H2. The Balaban J connectivity index is 1.95. The van der Waals surface area contributed by atoms with Crippen molar-refractivity contribution in [2.45, 2.75) is 38.3 Å². The zero-order chi connectivity index (χ0) is 13.0. The van der Waals surface area contributed by atoms with Gasteiger partial charge in [0.1, 0.15) is 5.82 Å². The summed E-state index contributed by atoms with van der Waals surface area (Å²) in [6.07, 6.45) is 4.40. The van der Waals surface area contributed by atoms with Crippen LogP contribution in [-0.2, 0) is 6.54 Å². The third-order valence-electron chi connectivity index (χ3n) is 3.31. The van der Waals surface area contributed by atoms with Crippen molar-refractivity contribution in [3.8, 4) is 0 Å². The topological polar surface area (TPSA) is 23.5 Å². The van der Waals surface area contributed by atoms with Crippen LogP contribution >= 0.6 is 15.9 Å². The molecule has 1 N–H and O–H groups in total. The predicted octanol–water partition coefficient (Wildman–Crippen LogP) is 3.33. The first-order chi connectivity index (χ1) is 8.70. The van der Waals surface area contributed by atoms with Crippen LogP contribution in [-0.4, -0.2) is 29.2 Å². The summed E-state index contributed by atoms with van der Waals surface area (Å²) in [6.45, 7) is 2.13. The van der Waals surface area contributed by atoms with Gasteiger partial charge in [-0.1, -0.05) is 22.0 Å². The molecule has 1 saturated carbocycles. The lowest BCUT2D eigenvalue weighted by Crippen LogP contribution is -2.27. The van der Waals surface area contributed by atoms with E-state index in [-0.39, 0.29) is 12.4 Å². The molecular weight excluding hydrogens is 297 g/mol. The third-order valence-corrected chi connectivity index (χ3v) is 4.04. The number of aliphatic hydroxyl groups is 1. The first-order valence-electron chi connectivity index (χ1n) is 6.49. The Morgan fingerprint density at radius 3 is 2.72 bits per heavy atom. The van der Waals surface area contributed by atoms with E-state index in [0.29, 0.717) is 6.04 Å². The Hall–Kier alpha value is -0.450. The van der Waals surface area contributed by atoms with E-state index in [1.807, 2.05) is 6.07 Å². The molecule has 0 amide bonds. The molecule has 0 heterocycles. The van der Waals surface area contributed by atoms with Crippen molar-refractivity contribution in [2.24, 2.45) is 0 Å². The highest BCUT2D eigenvalue weighted by molar-refractivity contribution is 9.10. The number of nitrogens with zero attached hydrogens (tertiary/aromatic N) is 1. The molecule has 2 rings (SSSR count). The molecule has 2 nitrogen and oxygen atoms in total. The van der Waals surface area contributed by atoms with Crippen molar-refractivity contribution in [3.05, 3.63) is 34.1 Å². The van der Waals surface area contributed by atoms with Crippen molar-refractivity contribution < 1.29 is 9.50 Å². The molecule has 100 valence electrons. The van der Waals surface area contributed by atoms with Gasteiger partial charge in [0.15, 0.2) is 0 Å². The second-order valence-electron chi connectivity index (χ2n) is 4.87. The Morgan fingerprint density at radius 1 is 1.33 bits per heavy atom. The highest BCUT2D eigenvalue weighted by Gasteiger charge is 2.28. The van der Waals surface area contributed by atoms with Crippen LogP contribution in [0, 0.1) is 5.82 Å². The molecule has 1 fully saturated rings. The summed E-state index contributed by atoms with van der Waals surface area (Å²) in [5.74, 6) is -0.205. The van der Waals surface area contributed by atoms with Crippen molar-refractivity contribution in [1.29, 1.82) is 0 Å². The maximum atomic E-state index is 13.0. The van der Waals surface area contributed by atoms with Crippen LogP contribution in [0.1, 0.15) is 31.2 Å². The van der Waals surface area contributed by atoms with Crippen LogP contribution in [0.3, 0.4) is 0 Å². The van der Waals surface area contributed by atoms with Crippen LogP contribution in [0.5, 0.6) is 0 Å². The fourth-order valence-electron chi connectivity index (χ4n) is 2.13. The zero-order valence-electron chi connectivity index (χ0n) is 10.4. The number of rotatable bonds is 7. The van der Waals surface area contributed by atoms with Crippen molar-refractivity contribution >= 4 is 15.9 Å². The third kappa shape index (κ3) is 4.04. The summed E-state index contributed by atoms with van der Waals surface area (Å²) >= 11 is 3.42. The van der Waals surface area contributed by atoms with Crippen LogP contribution in [0.25, 0.3) is 0 Å². The molecular formula is C14H19BrFNO. The van der Waals surface area contributed by atoms with Gasteiger partial charge in [-0.2, -0.15) is 0 Å². The summed E-state index contributed by atoms with van der Waals surface area (Å²) in [5, 5.41) is 8.83. The van der Waals surface area contributed by atoms with Crippen molar-refractivity contribution in [3.63, 3.8) is 0 Å². The lowest BCUT2D eigenvalue weighted by Gasteiger charge is -2.22. The van der Waals surface area contributed by atoms with Crippen molar-refractivity contribution in [2.75, 3.05) is 13.2 Å². The van der Waals surface area contributed by atoms with Gasteiger partial charge in [0.25, 0.3) is 0 Å². The molecule has 1 aliphatic rings. The average Bonchev–Trinajstić information content (AvgIpc) is 3.15. The van der Waals surface area contributed by atoms with Crippen LogP contribution in [0.4, 0.5) is 4.39 Å². The molecule has 0 saturated heterocycles. The van der Waals surface area contributed by atoms with E-state index in [2.05, 4.69) is 20.8 Å². The monoisotopic (exact) mass is 315 g/mol. The molecule has 1 aromatic carbocycles. The molecule has 1 aliphatic carbocycles. The van der Waals surface area contributed by atoms with Crippen LogP contribution in [0.2, 0.25) is 0 Å². The van der Waals surface area contributed by atoms with Gasteiger partial charge >= 0.3 is 0 Å². The van der Waals surface area contributed by atoms with E-state index in [1.54, 1.807) is 0 Å². The van der Waals surface area contributed by atoms with E-state index in [1.165, 1.54) is 25.0 Å². The molecule has 0 aromatic heterocycles. The molecule has 18 heavy (non-hydrogen) atoms. The fourth-order valence-corrected chi connectivity index (χ4v) is 2.60. The minimum atomic E-state index is -0.205. The predicted molar refractivity (Wildman–Crippen MR) is 73.9 cm³/mol. The summed E-state index contributed by atoms with van der Waals surface area (Å²) in [7, 11) is 0. The summed E-state index contributed by atoms with van der Waals surface area (Å²) in [5.41, 5.74) is 1.13. The number of halogens is 2. The number of unbranched alkanes of at least 4 members (excludes halogenated alkanes) is 1. The van der Waals surface area contributed by atoms with Gasteiger partial charge in [-0.05, 0) is 49.9 Å². The maximum Gasteiger partial charge on any atom is 0.124 e. The van der Waals surface area contributed by atoms with Gasteiger partial charge in [0, 0.05) is 23.7 Å². The average molecular weight is 316 g/mol. The minimum absolute atomic E-state index is 0.205. The lowest BCUT2D eigenvalue weighted by molar-refractivity contribution is 0.228. The minimum Gasteiger partial charge on any atom is -0.396 e. The molecule has 0 aliphatic heterocycles. The van der Waals surface area contributed by atoms with Crippen molar-refractivity contribution in [1.82, 2.24) is 4.90 Å². The van der Waals surface area contributed by atoms with E-state index >= 15 is 0 Å². The molecule has 1 aromatic rings. The smallest absolute Gasteiger partial charge is 0.124 e. The summed E-state index contributed by atoms with van der Waals surface area (Å²) in [4.78, 5) is 2.44. The van der Waals surface area contributed by atoms with Gasteiger partial charge in [0.2, 0.25) is 0 Å². The van der Waals surface area contributed by atoms with Gasteiger partial charge in [-0.25, -0.2) is 4.39 Å². The van der Waals surface area contributed by atoms with Gasteiger partial charge in [-0.3, -0.25) is 4.90 Å². The van der Waals surface area contributed by atoms with E-state index in [4.69, 9.17) is 5.11 Å².